The number of rotatable bonds is 4. The van der Waals surface area contributed by atoms with Crippen molar-refractivity contribution in [2.24, 2.45) is 0 Å². The van der Waals surface area contributed by atoms with E-state index in [0.717, 1.165) is 10.9 Å². The summed E-state index contributed by atoms with van der Waals surface area (Å²) in [5.74, 6) is 0.246. The first kappa shape index (κ1) is 12.2. The molecule has 82 valence electrons. The van der Waals surface area contributed by atoms with E-state index >= 15 is 0 Å². The number of ether oxygens (including phenoxy) is 1. The number of benzene rings is 1. The van der Waals surface area contributed by atoms with Crippen LogP contribution in [0.15, 0.2) is 28.7 Å². The van der Waals surface area contributed by atoms with Gasteiger partial charge in [0.1, 0.15) is 0 Å². The van der Waals surface area contributed by atoms with Gasteiger partial charge in [-0.3, -0.25) is 4.79 Å². The van der Waals surface area contributed by atoms with E-state index in [2.05, 4.69) is 39.7 Å². The Morgan fingerprint density at radius 2 is 2.00 bits per heavy atom. The Kier molecular flexibility index (Phi) is 4.82. The van der Waals surface area contributed by atoms with Gasteiger partial charge in [0, 0.05) is 10.9 Å². The van der Waals surface area contributed by atoms with Crippen molar-refractivity contribution in [2.75, 3.05) is 7.11 Å². The average Bonchev–Trinajstić information content (AvgIpc) is 2.26. The summed E-state index contributed by atoms with van der Waals surface area (Å²) in [6, 6.07) is 8.19. The van der Waals surface area contributed by atoms with E-state index < -0.39 is 0 Å². The van der Waals surface area contributed by atoms with Gasteiger partial charge in [0.15, 0.2) is 0 Å². The van der Waals surface area contributed by atoms with Crippen molar-refractivity contribution in [1.82, 2.24) is 0 Å². The number of esters is 1. The number of methoxy groups -OCH3 is 1. The molecule has 1 aromatic rings. The highest BCUT2D eigenvalue weighted by Crippen LogP contribution is 2.22. The van der Waals surface area contributed by atoms with Crippen molar-refractivity contribution in [3.05, 3.63) is 34.3 Å². The first-order valence-electron chi connectivity index (χ1n) is 4.95. The normalized spacial score (nSPS) is 12.2. The monoisotopic (exact) mass is 270 g/mol. The molecule has 1 aromatic carbocycles. The molecule has 0 unspecified atom stereocenters. The average molecular weight is 271 g/mol. The van der Waals surface area contributed by atoms with Crippen molar-refractivity contribution in [3.8, 4) is 0 Å². The fraction of sp³-hybridized carbons (Fsp3) is 0.417. The maximum Gasteiger partial charge on any atom is 0.305 e. The summed E-state index contributed by atoms with van der Waals surface area (Å²) in [5, 5.41) is 0. The summed E-state index contributed by atoms with van der Waals surface area (Å²) >= 11 is 3.39. The molecule has 0 fully saturated rings. The molecule has 0 amide bonds. The molecule has 1 atom stereocenters. The van der Waals surface area contributed by atoms with Crippen LogP contribution in [0.2, 0.25) is 0 Å². The van der Waals surface area contributed by atoms with E-state index in [4.69, 9.17) is 0 Å². The van der Waals surface area contributed by atoms with E-state index in [-0.39, 0.29) is 5.97 Å². The fourth-order valence-electron chi connectivity index (χ4n) is 1.39. The van der Waals surface area contributed by atoms with Gasteiger partial charge in [0.05, 0.1) is 7.11 Å². The van der Waals surface area contributed by atoms with Crippen molar-refractivity contribution in [1.29, 1.82) is 0 Å². The predicted octanol–water partition coefficient (Wildman–Crippen LogP) is 3.51. The number of hydrogen-bond acceptors (Lipinski definition) is 2. The molecule has 0 aliphatic carbocycles. The van der Waals surface area contributed by atoms with Crippen LogP contribution >= 0.6 is 15.9 Å². The second kappa shape index (κ2) is 5.91. The molecule has 0 heterocycles. The molecule has 0 aromatic heterocycles. The maximum atomic E-state index is 11.0. The van der Waals surface area contributed by atoms with Crippen molar-refractivity contribution in [3.63, 3.8) is 0 Å². The predicted molar refractivity (Wildman–Crippen MR) is 63.8 cm³/mol. The van der Waals surface area contributed by atoms with E-state index in [1.807, 2.05) is 12.1 Å². The lowest BCUT2D eigenvalue weighted by molar-refractivity contribution is -0.140. The van der Waals surface area contributed by atoms with Crippen molar-refractivity contribution < 1.29 is 9.53 Å². The largest absolute Gasteiger partial charge is 0.469 e. The van der Waals surface area contributed by atoms with Gasteiger partial charge in [-0.15, -0.1) is 0 Å². The van der Waals surface area contributed by atoms with Gasteiger partial charge in [0.25, 0.3) is 0 Å². The third-order valence-electron chi connectivity index (χ3n) is 2.45. The summed E-state index contributed by atoms with van der Waals surface area (Å²) < 4.78 is 5.68. The van der Waals surface area contributed by atoms with Gasteiger partial charge in [-0.1, -0.05) is 35.0 Å². The topological polar surface area (TPSA) is 26.3 Å². The lowest BCUT2D eigenvalue weighted by Crippen LogP contribution is -2.03. The number of carbonyl (C=O) groups excluding carboxylic acids is 1. The molecule has 0 aliphatic rings. The molecule has 0 spiro atoms. The van der Waals surface area contributed by atoms with Crippen LogP contribution in [-0.2, 0) is 9.53 Å². The van der Waals surface area contributed by atoms with E-state index in [0.29, 0.717) is 12.3 Å². The summed E-state index contributed by atoms with van der Waals surface area (Å²) in [4.78, 5) is 11.0. The molecular formula is C12H15BrO2. The molecule has 15 heavy (non-hydrogen) atoms. The highest BCUT2D eigenvalue weighted by Gasteiger charge is 2.08. The van der Waals surface area contributed by atoms with Gasteiger partial charge in [-0.2, -0.15) is 0 Å². The Morgan fingerprint density at radius 3 is 2.53 bits per heavy atom. The minimum atomic E-state index is -0.140. The molecule has 3 heteroatoms. The zero-order valence-corrected chi connectivity index (χ0v) is 10.6. The minimum Gasteiger partial charge on any atom is -0.469 e. The number of carbonyl (C=O) groups is 1. The fourth-order valence-corrected chi connectivity index (χ4v) is 1.66. The van der Waals surface area contributed by atoms with Crippen molar-refractivity contribution >= 4 is 21.9 Å². The van der Waals surface area contributed by atoms with Crippen LogP contribution in [0.5, 0.6) is 0 Å². The zero-order chi connectivity index (χ0) is 11.3. The summed E-state index contributed by atoms with van der Waals surface area (Å²) in [6.07, 6.45) is 1.31. The first-order valence-corrected chi connectivity index (χ1v) is 5.75. The van der Waals surface area contributed by atoms with Gasteiger partial charge >= 0.3 is 5.97 Å². The van der Waals surface area contributed by atoms with Gasteiger partial charge in [-0.05, 0) is 30.0 Å². The lowest BCUT2D eigenvalue weighted by atomic mass is 9.96. The quantitative estimate of drug-likeness (QED) is 0.783. The van der Waals surface area contributed by atoms with Crippen LogP contribution in [0, 0.1) is 0 Å². The Balaban J connectivity index is 2.50. The third kappa shape index (κ3) is 4.04. The van der Waals surface area contributed by atoms with Gasteiger partial charge in [0.2, 0.25) is 0 Å². The van der Waals surface area contributed by atoms with Crippen LogP contribution in [0.4, 0.5) is 0 Å². The summed E-state index contributed by atoms with van der Waals surface area (Å²) in [7, 11) is 1.42. The third-order valence-corrected chi connectivity index (χ3v) is 2.98. The Hall–Kier alpha value is -0.830. The van der Waals surface area contributed by atoms with Crippen LogP contribution in [0.25, 0.3) is 0 Å². The first-order chi connectivity index (χ1) is 7.13. The number of halogens is 1. The van der Waals surface area contributed by atoms with E-state index in [1.165, 1.54) is 12.7 Å². The van der Waals surface area contributed by atoms with E-state index in [1.54, 1.807) is 0 Å². The molecule has 0 radical (unpaired) electrons. The Morgan fingerprint density at radius 1 is 1.40 bits per heavy atom. The Bertz CT molecular complexity index is 319. The SMILES string of the molecule is COC(=O)CC[C@@H](C)c1ccc(Br)cc1. The zero-order valence-electron chi connectivity index (χ0n) is 9.00. The van der Waals surface area contributed by atoms with Crippen molar-refractivity contribution in [2.45, 2.75) is 25.7 Å². The molecule has 0 saturated heterocycles. The van der Waals surface area contributed by atoms with Crippen LogP contribution in [-0.4, -0.2) is 13.1 Å². The Labute approximate surface area is 98.8 Å². The minimum absolute atomic E-state index is 0.140. The van der Waals surface area contributed by atoms with Gasteiger partial charge in [-0.25, -0.2) is 0 Å². The molecule has 0 bridgehead atoms. The van der Waals surface area contributed by atoms with Crippen LogP contribution < -0.4 is 0 Å². The highest BCUT2D eigenvalue weighted by molar-refractivity contribution is 9.10. The van der Waals surface area contributed by atoms with Crippen LogP contribution in [0.3, 0.4) is 0 Å². The standard InChI is InChI=1S/C12H15BrO2/c1-9(3-8-12(14)15-2)10-4-6-11(13)7-5-10/h4-7,9H,3,8H2,1-2H3/t9-/m1/s1. The maximum absolute atomic E-state index is 11.0. The highest BCUT2D eigenvalue weighted by atomic mass is 79.9. The van der Waals surface area contributed by atoms with Crippen LogP contribution in [0.1, 0.15) is 31.2 Å². The molecule has 0 saturated carbocycles. The number of hydrogen-bond donors (Lipinski definition) is 0. The molecular weight excluding hydrogens is 256 g/mol. The van der Waals surface area contributed by atoms with Gasteiger partial charge < -0.3 is 4.74 Å². The lowest BCUT2D eigenvalue weighted by Gasteiger charge is -2.10. The molecule has 1 rings (SSSR count). The molecule has 2 nitrogen and oxygen atoms in total. The second-order valence-corrected chi connectivity index (χ2v) is 4.48. The van der Waals surface area contributed by atoms with E-state index in [9.17, 15) is 4.79 Å². The second-order valence-electron chi connectivity index (χ2n) is 3.57. The summed E-state index contributed by atoms with van der Waals surface area (Å²) in [5.41, 5.74) is 1.25. The molecule has 0 aliphatic heterocycles. The molecule has 0 N–H and O–H groups in total. The smallest absolute Gasteiger partial charge is 0.305 e. The summed E-state index contributed by atoms with van der Waals surface area (Å²) in [6.45, 7) is 2.12.